The molecule has 1 nitrogen and oxygen atoms in total. The minimum absolute atomic E-state index is 0.193. The zero-order valence-electron chi connectivity index (χ0n) is 11.5. The van der Waals surface area contributed by atoms with Crippen molar-refractivity contribution in [2.24, 2.45) is 0 Å². The van der Waals surface area contributed by atoms with Crippen LogP contribution in [0.25, 0.3) is 0 Å². The molecule has 0 aliphatic heterocycles. The third kappa shape index (κ3) is 5.80. The van der Waals surface area contributed by atoms with Crippen molar-refractivity contribution >= 4 is 0 Å². The molecule has 19 heavy (non-hydrogen) atoms. The highest BCUT2D eigenvalue weighted by molar-refractivity contribution is 5.41. The van der Waals surface area contributed by atoms with Gasteiger partial charge in [-0.3, -0.25) is 0 Å². The number of hydrogen-bond donors (Lipinski definition) is 0. The van der Waals surface area contributed by atoms with Crippen LogP contribution >= 0.6 is 0 Å². The normalized spacial score (nSPS) is 11.9. The Balaban J connectivity index is 2.85. The van der Waals surface area contributed by atoms with E-state index in [0.717, 1.165) is 12.1 Å². The van der Waals surface area contributed by atoms with Crippen LogP contribution < -0.4 is 0 Å². The second kappa shape index (κ2) is 5.66. The molecule has 1 rings (SSSR count). The van der Waals surface area contributed by atoms with Crippen LogP contribution in [0.4, 0.5) is 13.2 Å². The molecule has 0 fully saturated rings. The molecule has 0 aliphatic carbocycles. The zero-order valence-corrected chi connectivity index (χ0v) is 11.5. The topological polar surface area (TPSA) is 9.23 Å². The van der Waals surface area contributed by atoms with Crippen molar-refractivity contribution in [3.05, 3.63) is 34.9 Å². The molecule has 1 aromatic rings. The predicted molar refractivity (Wildman–Crippen MR) is 68.8 cm³/mol. The van der Waals surface area contributed by atoms with Crippen LogP contribution in [0.2, 0.25) is 0 Å². The average molecular weight is 270 g/mol. The molecular formula is C15H17F3O. The van der Waals surface area contributed by atoms with Gasteiger partial charge in [0.25, 0.3) is 0 Å². The van der Waals surface area contributed by atoms with Crippen molar-refractivity contribution in [3.63, 3.8) is 0 Å². The molecule has 0 spiro atoms. The molecule has 0 bridgehead atoms. The summed E-state index contributed by atoms with van der Waals surface area (Å²) in [4.78, 5) is 0. The van der Waals surface area contributed by atoms with Crippen molar-refractivity contribution in [2.75, 3.05) is 6.61 Å². The fourth-order valence-electron chi connectivity index (χ4n) is 1.41. The summed E-state index contributed by atoms with van der Waals surface area (Å²) in [5.74, 6) is 5.42. The molecule has 0 heterocycles. The van der Waals surface area contributed by atoms with Gasteiger partial charge < -0.3 is 4.74 Å². The average Bonchev–Trinajstić information content (AvgIpc) is 2.21. The minimum atomic E-state index is -4.34. The Hall–Kier alpha value is -1.47. The summed E-state index contributed by atoms with van der Waals surface area (Å²) in [6.45, 7) is 7.49. The van der Waals surface area contributed by atoms with Gasteiger partial charge in [-0.1, -0.05) is 11.8 Å². The van der Waals surface area contributed by atoms with Gasteiger partial charge in [0, 0.05) is 5.56 Å². The molecule has 0 unspecified atom stereocenters. The quantitative estimate of drug-likeness (QED) is 0.696. The molecule has 1 aromatic carbocycles. The van der Waals surface area contributed by atoms with Gasteiger partial charge in [-0.15, -0.1) is 0 Å². The van der Waals surface area contributed by atoms with Gasteiger partial charge in [-0.05, 0) is 51.5 Å². The number of hydrogen-bond acceptors (Lipinski definition) is 1. The Morgan fingerprint density at radius 3 is 2.26 bits per heavy atom. The molecular weight excluding hydrogens is 253 g/mol. The van der Waals surface area contributed by atoms with Crippen LogP contribution in [0.5, 0.6) is 0 Å². The maximum Gasteiger partial charge on any atom is 0.416 e. The molecule has 0 amide bonds. The summed E-state index contributed by atoms with van der Waals surface area (Å²) in [6.07, 6.45) is -4.34. The van der Waals surface area contributed by atoms with Gasteiger partial charge in [0.2, 0.25) is 0 Å². The van der Waals surface area contributed by atoms with Crippen molar-refractivity contribution in [2.45, 2.75) is 39.5 Å². The van der Waals surface area contributed by atoms with E-state index in [2.05, 4.69) is 11.8 Å². The predicted octanol–water partition coefficient (Wildman–Crippen LogP) is 4.18. The maximum atomic E-state index is 12.6. The molecule has 0 radical (unpaired) electrons. The summed E-state index contributed by atoms with van der Waals surface area (Å²) in [5.41, 5.74) is -0.0902. The van der Waals surface area contributed by atoms with Crippen LogP contribution in [-0.4, -0.2) is 12.2 Å². The Labute approximate surface area is 111 Å². The van der Waals surface area contributed by atoms with E-state index in [0.29, 0.717) is 11.1 Å². The van der Waals surface area contributed by atoms with Crippen LogP contribution in [0.1, 0.15) is 37.5 Å². The van der Waals surface area contributed by atoms with E-state index in [-0.39, 0.29) is 12.2 Å². The standard InChI is InChI=1S/C15H17F3O/c1-11-8-12(6-5-7-19-14(2,3)4)10-13(9-11)15(16,17)18/h8-10H,7H2,1-4H3. The first-order valence-electron chi connectivity index (χ1n) is 5.90. The summed E-state index contributed by atoms with van der Waals surface area (Å²) in [5, 5.41) is 0. The third-order valence-electron chi connectivity index (χ3n) is 2.21. The monoisotopic (exact) mass is 270 g/mol. The van der Waals surface area contributed by atoms with Gasteiger partial charge in [-0.25, -0.2) is 0 Å². The fourth-order valence-corrected chi connectivity index (χ4v) is 1.41. The number of aryl methyl sites for hydroxylation is 1. The molecule has 0 saturated carbocycles. The van der Waals surface area contributed by atoms with E-state index in [1.54, 1.807) is 13.0 Å². The summed E-state index contributed by atoms with van der Waals surface area (Å²) < 4.78 is 43.2. The molecule has 0 aromatic heterocycles. The smallest absolute Gasteiger partial charge is 0.363 e. The third-order valence-corrected chi connectivity index (χ3v) is 2.21. The molecule has 0 atom stereocenters. The van der Waals surface area contributed by atoms with E-state index in [1.807, 2.05) is 20.8 Å². The number of ether oxygens (including phenoxy) is 1. The van der Waals surface area contributed by atoms with Gasteiger partial charge in [0.1, 0.15) is 6.61 Å². The van der Waals surface area contributed by atoms with Crippen LogP contribution in [-0.2, 0) is 10.9 Å². The van der Waals surface area contributed by atoms with Crippen molar-refractivity contribution in [1.82, 2.24) is 0 Å². The summed E-state index contributed by atoms with van der Waals surface area (Å²) >= 11 is 0. The lowest BCUT2D eigenvalue weighted by molar-refractivity contribution is -0.137. The summed E-state index contributed by atoms with van der Waals surface area (Å²) in [7, 11) is 0. The lowest BCUT2D eigenvalue weighted by atomic mass is 10.1. The second-order valence-electron chi connectivity index (χ2n) is 5.29. The lowest BCUT2D eigenvalue weighted by Gasteiger charge is -2.16. The minimum Gasteiger partial charge on any atom is -0.363 e. The Morgan fingerprint density at radius 1 is 1.11 bits per heavy atom. The van der Waals surface area contributed by atoms with Crippen LogP contribution in [0, 0.1) is 18.8 Å². The lowest BCUT2D eigenvalue weighted by Crippen LogP contribution is -2.19. The number of alkyl halides is 3. The van der Waals surface area contributed by atoms with E-state index in [4.69, 9.17) is 4.74 Å². The first-order valence-corrected chi connectivity index (χ1v) is 5.90. The van der Waals surface area contributed by atoms with Crippen molar-refractivity contribution in [3.8, 4) is 11.8 Å². The van der Waals surface area contributed by atoms with E-state index >= 15 is 0 Å². The maximum absolute atomic E-state index is 12.6. The molecule has 104 valence electrons. The van der Waals surface area contributed by atoms with Gasteiger partial charge in [0.15, 0.2) is 0 Å². The Morgan fingerprint density at radius 2 is 1.74 bits per heavy atom. The molecule has 0 aliphatic rings. The molecule has 4 heteroatoms. The first-order chi connectivity index (χ1) is 8.58. The molecule has 0 N–H and O–H groups in total. The molecule has 0 saturated heterocycles. The van der Waals surface area contributed by atoms with Gasteiger partial charge in [0.05, 0.1) is 11.2 Å². The van der Waals surface area contributed by atoms with Crippen molar-refractivity contribution < 1.29 is 17.9 Å². The Kier molecular flexibility index (Phi) is 4.65. The number of benzene rings is 1. The largest absolute Gasteiger partial charge is 0.416 e. The van der Waals surface area contributed by atoms with Gasteiger partial charge >= 0.3 is 6.18 Å². The van der Waals surface area contributed by atoms with E-state index in [1.165, 1.54) is 0 Å². The Bertz CT molecular complexity index is 499. The highest BCUT2D eigenvalue weighted by Crippen LogP contribution is 2.30. The first kappa shape index (κ1) is 15.6. The second-order valence-corrected chi connectivity index (χ2v) is 5.29. The van der Waals surface area contributed by atoms with E-state index < -0.39 is 11.7 Å². The highest BCUT2D eigenvalue weighted by Gasteiger charge is 2.30. The zero-order chi connectivity index (χ0) is 14.7. The van der Waals surface area contributed by atoms with Gasteiger partial charge in [-0.2, -0.15) is 13.2 Å². The van der Waals surface area contributed by atoms with Crippen molar-refractivity contribution in [1.29, 1.82) is 0 Å². The fraction of sp³-hybridized carbons (Fsp3) is 0.467. The number of halogens is 3. The summed E-state index contributed by atoms with van der Waals surface area (Å²) in [6, 6.07) is 3.78. The number of rotatable bonds is 1. The van der Waals surface area contributed by atoms with Crippen LogP contribution in [0.15, 0.2) is 18.2 Å². The van der Waals surface area contributed by atoms with E-state index in [9.17, 15) is 13.2 Å². The highest BCUT2D eigenvalue weighted by atomic mass is 19.4. The SMILES string of the molecule is Cc1cc(C#CCOC(C)(C)C)cc(C(F)(F)F)c1. The van der Waals surface area contributed by atoms with Crippen LogP contribution in [0.3, 0.4) is 0 Å².